The molecule has 0 aliphatic heterocycles. The molecule has 1 aromatic carbocycles. The standard InChI is InChI=1S/C17H27NOS/c1-3-10-18-13-14-6-4-8-16(11-14)20-17-9-5-7-15(12-17)19-2/h4,6,8,11,15,17-18H,3,5,7,9-10,12-13H2,1-2H3. The zero-order chi connectivity index (χ0) is 14.2. The fourth-order valence-electron chi connectivity index (χ4n) is 2.75. The Morgan fingerprint density at radius 1 is 1.35 bits per heavy atom. The zero-order valence-electron chi connectivity index (χ0n) is 12.7. The molecule has 0 bridgehead atoms. The average Bonchev–Trinajstić information content (AvgIpc) is 2.48. The molecule has 2 unspecified atom stereocenters. The first-order valence-corrected chi connectivity index (χ1v) is 8.69. The minimum atomic E-state index is 0.468. The summed E-state index contributed by atoms with van der Waals surface area (Å²) in [5, 5.41) is 4.18. The van der Waals surface area contributed by atoms with E-state index in [1.165, 1.54) is 42.6 Å². The molecule has 2 atom stereocenters. The minimum absolute atomic E-state index is 0.468. The number of thioether (sulfide) groups is 1. The van der Waals surface area contributed by atoms with E-state index < -0.39 is 0 Å². The molecular weight excluding hydrogens is 266 g/mol. The Labute approximate surface area is 127 Å². The normalized spacial score (nSPS) is 22.9. The Hall–Kier alpha value is -0.510. The third-order valence-electron chi connectivity index (χ3n) is 3.87. The van der Waals surface area contributed by atoms with Gasteiger partial charge in [-0.05, 0) is 56.3 Å². The van der Waals surface area contributed by atoms with Gasteiger partial charge in [0.15, 0.2) is 0 Å². The Morgan fingerprint density at radius 3 is 3.05 bits per heavy atom. The summed E-state index contributed by atoms with van der Waals surface area (Å²) in [4.78, 5) is 1.41. The van der Waals surface area contributed by atoms with Gasteiger partial charge in [0.2, 0.25) is 0 Å². The van der Waals surface area contributed by atoms with Gasteiger partial charge in [-0.3, -0.25) is 0 Å². The maximum Gasteiger partial charge on any atom is 0.0582 e. The highest BCUT2D eigenvalue weighted by molar-refractivity contribution is 8.00. The number of nitrogens with one attached hydrogen (secondary N) is 1. The Morgan fingerprint density at radius 2 is 2.25 bits per heavy atom. The fourth-order valence-corrected chi connectivity index (χ4v) is 4.11. The van der Waals surface area contributed by atoms with Crippen LogP contribution in [0.1, 0.15) is 44.6 Å². The van der Waals surface area contributed by atoms with Crippen molar-refractivity contribution in [1.82, 2.24) is 5.32 Å². The van der Waals surface area contributed by atoms with Crippen LogP contribution in [-0.4, -0.2) is 25.0 Å². The first-order chi connectivity index (χ1) is 9.81. The van der Waals surface area contributed by atoms with Crippen LogP contribution in [0, 0.1) is 0 Å². The number of methoxy groups -OCH3 is 1. The lowest BCUT2D eigenvalue weighted by Gasteiger charge is -2.27. The molecule has 3 heteroatoms. The van der Waals surface area contributed by atoms with E-state index >= 15 is 0 Å². The number of benzene rings is 1. The van der Waals surface area contributed by atoms with Crippen molar-refractivity contribution >= 4 is 11.8 Å². The van der Waals surface area contributed by atoms with Crippen molar-refractivity contribution < 1.29 is 4.74 Å². The second-order valence-corrected chi connectivity index (χ2v) is 6.96. The summed E-state index contributed by atoms with van der Waals surface area (Å²) in [7, 11) is 1.84. The van der Waals surface area contributed by atoms with Crippen LogP contribution in [0.4, 0.5) is 0 Å². The molecule has 1 N–H and O–H groups in total. The molecule has 1 aliphatic rings. The van der Waals surface area contributed by atoms with E-state index in [1.807, 2.05) is 18.9 Å². The molecular formula is C17H27NOS. The van der Waals surface area contributed by atoms with Crippen molar-refractivity contribution in [2.45, 2.75) is 61.8 Å². The molecule has 0 spiro atoms. The van der Waals surface area contributed by atoms with E-state index in [9.17, 15) is 0 Å². The van der Waals surface area contributed by atoms with Crippen LogP contribution in [0.15, 0.2) is 29.2 Å². The van der Waals surface area contributed by atoms with E-state index in [2.05, 4.69) is 36.5 Å². The van der Waals surface area contributed by atoms with Crippen LogP contribution in [-0.2, 0) is 11.3 Å². The van der Waals surface area contributed by atoms with Gasteiger partial charge in [-0.15, -0.1) is 11.8 Å². The van der Waals surface area contributed by atoms with E-state index in [1.54, 1.807) is 0 Å². The zero-order valence-corrected chi connectivity index (χ0v) is 13.5. The first kappa shape index (κ1) is 15.9. The van der Waals surface area contributed by atoms with Gasteiger partial charge in [0.05, 0.1) is 6.10 Å². The first-order valence-electron chi connectivity index (χ1n) is 7.81. The van der Waals surface area contributed by atoms with Crippen LogP contribution in [0.3, 0.4) is 0 Å². The molecule has 1 aromatic rings. The van der Waals surface area contributed by atoms with Crippen molar-refractivity contribution in [2.24, 2.45) is 0 Å². The molecule has 1 aliphatic carbocycles. The molecule has 1 saturated carbocycles. The van der Waals surface area contributed by atoms with Crippen molar-refractivity contribution in [1.29, 1.82) is 0 Å². The second kappa shape index (κ2) is 8.71. The minimum Gasteiger partial charge on any atom is -0.381 e. The smallest absolute Gasteiger partial charge is 0.0582 e. The summed E-state index contributed by atoms with van der Waals surface area (Å²) >= 11 is 2.03. The lowest BCUT2D eigenvalue weighted by Crippen LogP contribution is -2.23. The molecule has 0 saturated heterocycles. The molecule has 0 aromatic heterocycles. The van der Waals surface area contributed by atoms with Gasteiger partial charge in [0.1, 0.15) is 0 Å². The monoisotopic (exact) mass is 293 g/mol. The summed E-state index contributed by atoms with van der Waals surface area (Å²) < 4.78 is 5.52. The maximum absolute atomic E-state index is 5.52. The average molecular weight is 293 g/mol. The van der Waals surface area contributed by atoms with Gasteiger partial charge >= 0.3 is 0 Å². The molecule has 20 heavy (non-hydrogen) atoms. The highest BCUT2D eigenvalue weighted by Crippen LogP contribution is 2.34. The highest BCUT2D eigenvalue weighted by atomic mass is 32.2. The fraction of sp³-hybridized carbons (Fsp3) is 0.647. The second-order valence-electron chi connectivity index (χ2n) is 5.59. The SMILES string of the molecule is CCCNCc1cccc(SC2CCCC(OC)C2)c1. The van der Waals surface area contributed by atoms with E-state index in [4.69, 9.17) is 4.74 Å². The van der Waals surface area contributed by atoms with E-state index in [0.717, 1.165) is 13.1 Å². The molecule has 2 nitrogen and oxygen atoms in total. The lowest BCUT2D eigenvalue weighted by molar-refractivity contribution is 0.0730. The van der Waals surface area contributed by atoms with Crippen LogP contribution >= 0.6 is 11.8 Å². The predicted octanol–water partition coefficient (Wildman–Crippen LogP) is 4.24. The van der Waals surface area contributed by atoms with Crippen molar-refractivity contribution in [2.75, 3.05) is 13.7 Å². The van der Waals surface area contributed by atoms with Gasteiger partial charge in [0.25, 0.3) is 0 Å². The molecule has 2 rings (SSSR count). The van der Waals surface area contributed by atoms with Gasteiger partial charge in [-0.2, -0.15) is 0 Å². The van der Waals surface area contributed by atoms with Gasteiger partial charge in [-0.1, -0.05) is 19.1 Å². The predicted molar refractivity (Wildman–Crippen MR) is 87.3 cm³/mol. The summed E-state index contributed by atoms with van der Waals surface area (Å²) in [6.07, 6.45) is 6.70. The summed E-state index contributed by atoms with van der Waals surface area (Å²) in [6, 6.07) is 8.97. The van der Waals surface area contributed by atoms with Crippen molar-refractivity contribution in [3.8, 4) is 0 Å². The highest BCUT2D eigenvalue weighted by Gasteiger charge is 2.22. The molecule has 1 fully saturated rings. The Balaban J connectivity index is 1.87. The Bertz CT molecular complexity index is 396. The number of hydrogen-bond donors (Lipinski definition) is 1. The van der Waals surface area contributed by atoms with Gasteiger partial charge in [0, 0.05) is 23.8 Å². The summed E-state index contributed by atoms with van der Waals surface area (Å²) in [5.74, 6) is 0. The maximum atomic E-state index is 5.52. The number of rotatable bonds is 7. The van der Waals surface area contributed by atoms with Gasteiger partial charge in [-0.25, -0.2) is 0 Å². The van der Waals surface area contributed by atoms with Crippen LogP contribution < -0.4 is 5.32 Å². The number of hydrogen-bond acceptors (Lipinski definition) is 3. The summed E-state index contributed by atoms with van der Waals surface area (Å²) in [5.41, 5.74) is 1.39. The topological polar surface area (TPSA) is 21.3 Å². The molecule has 112 valence electrons. The van der Waals surface area contributed by atoms with Crippen LogP contribution in [0.5, 0.6) is 0 Å². The van der Waals surface area contributed by atoms with Crippen LogP contribution in [0.2, 0.25) is 0 Å². The lowest BCUT2D eigenvalue weighted by atomic mass is 9.97. The molecule has 0 radical (unpaired) electrons. The third-order valence-corrected chi connectivity index (χ3v) is 5.16. The summed E-state index contributed by atoms with van der Waals surface area (Å²) in [6.45, 7) is 4.28. The molecule has 0 amide bonds. The Kier molecular flexibility index (Phi) is 6.91. The largest absolute Gasteiger partial charge is 0.381 e. The number of ether oxygens (including phenoxy) is 1. The van der Waals surface area contributed by atoms with E-state index in [0.29, 0.717) is 11.4 Å². The van der Waals surface area contributed by atoms with Crippen molar-refractivity contribution in [3.63, 3.8) is 0 Å². The van der Waals surface area contributed by atoms with E-state index in [-0.39, 0.29) is 0 Å². The van der Waals surface area contributed by atoms with Gasteiger partial charge < -0.3 is 10.1 Å². The van der Waals surface area contributed by atoms with Crippen molar-refractivity contribution in [3.05, 3.63) is 29.8 Å². The quantitative estimate of drug-likeness (QED) is 0.760. The van der Waals surface area contributed by atoms with Crippen LogP contribution in [0.25, 0.3) is 0 Å². The third kappa shape index (κ3) is 5.12. The molecule has 0 heterocycles.